The van der Waals surface area contributed by atoms with Crippen LogP contribution >= 0.6 is 0 Å². The summed E-state index contributed by atoms with van der Waals surface area (Å²) in [6.07, 6.45) is 4.72. The lowest BCUT2D eigenvalue weighted by Crippen LogP contribution is -2.48. The second kappa shape index (κ2) is 9.59. The Morgan fingerprint density at radius 1 is 1.14 bits per heavy atom. The normalized spacial score (nSPS) is 20.8. The molecule has 1 aromatic carbocycles. The third-order valence-corrected chi connectivity index (χ3v) is 5.18. The topological polar surface area (TPSA) is 79.9 Å². The molecule has 1 saturated heterocycles. The van der Waals surface area contributed by atoms with E-state index >= 15 is 0 Å². The van der Waals surface area contributed by atoms with Crippen molar-refractivity contribution in [1.29, 1.82) is 0 Å². The average molecular weight is 387 g/mol. The summed E-state index contributed by atoms with van der Waals surface area (Å²) in [7, 11) is 1.60. The third kappa shape index (κ3) is 4.84. The number of rotatable bonds is 6. The van der Waals surface area contributed by atoms with E-state index in [0.29, 0.717) is 17.8 Å². The van der Waals surface area contributed by atoms with Gasteiger partial charge in [-0.25, -0.2) is 9.59 Å². The molecule has 2 heterocycles. The van der Waals surface area contributed by atoms with Crippen molar-refractivity contribution >= 4 is 12.0 Å². The molecule has 0 spiro atoms. The Morgan fingerprint density at radius 2 is 1.82 bits per heavy atom. The number of esters is 1. The molecular formula is C21H29N3O4. The number of ether oxygens (including phenoxy) is 2. The lowest BCUT2D eigenvalue weighted by molar-refractivity contribution is -0.139. The molecule has 0 aliphatic carbocycles. The van der Waals surface area contributed by atoms with E-state index < -0.39 is 12.0 Å². The molecule has 2 N–H and O–H groups in total. The number of carbonyl (C=O) groups excluding carboxylic acids is 2. The highest BCUT2D eigenvalue weighted by Crippen LogP contribution is 2.29. The zero-order chi connectivity index (χ0) is 19.9. The van der Waals surface area contributed by atoms with Crippen LogP contribution in [0.4, 0.5) is 4.79 Å². The molecular weight excluding hydrogens is 358 g/mol. The van der Waals surface area contributed by atoms with Gasteiger partial charge in [-0.2, -0.15) is 0 Å². The van der Waals surface area contributed by atoms with Gasteiger partial charge in [0.2, 0.25) is 0 Å². The number of hydrogen-bond acceptors (Lipinski definition) is 5. The maximum absolute atomic E-state index is 12.8. The second-order valence-corrected chi connectivity index (χ2v) is 7.11. The molecule has 0 radical (unpaired) electrons. The quantitative estimate of drug-likeness (QED) is 0.734. The van der Waals surface area contributed by atoms with Gasteiger partial charge in [-0.05, 0) is 50.6 Å². The van der Waals surface area contributed by atoms with Crippen LogP contribution in [0.5, 0.6) is 5.75 Å². The van der Waals surface area contributed by atoms with E-state index in [1.807, 2.05) is 24.3 Å². The fourth-order valence-corrected chi connectivity index (χ4v) is 3.76. The van der Waals surface area contributed by atoms with E-state index in [2.05, 4.69) is 15.5 Å². The van der Waals surface area contributed by atoms with Crippen LogP contribution in [0.25, 0.3) is 0 Å². The van der Waals surface area contributed by atoms with E-state index in [9.17, 15) is 9.59 Å². The van der Waals surface area contributed by atoms with Gasteiger partial charge in [0, 0.05) is 12.2 Å². The van der Waals surface area contributed by atoms with Crippen molar-refractivity contribution in [3.63, 3.8) is 0 Å². The van der Waals surface area contributed by atoms with Crippen molar-refractivity contribution in [3.8, 4) is 5.75 Å². The van der Waals surface area contributed by atoms with Crippen LogP contribution in [0, 0.1) is 0 Å². The summed E-state index contributed by atoms with van der Waals surface area (Å²) in [6, 6.07) is 6.50. The molecule has 152 valence electrons. The van der Waals surface area contributed by atoms with Crippen LogP contribution in [0.2, 0.25) is 0 Å². The van der Waals surface area contributed by atoms with Crippen molar-refractivity contribution in [3.05, 3.63) is 41.1 Å². The first-order valence-corrected chi connectivity index (χ1v) is 9.96. The van der Waals surface area contributed by atoms with Gasteiger partial charge in [0.25, 0.3) is 0 Å². The minimum absolute atomic E-state index is 0.280. The number of likely N-dealkylation sites (tertiary alicyclic amines) is 1. The standard InChI is InChI=1S/C21H29N3O4/c1-3-28-20(25)18-17(14-24-12-6-4-5-7-13-24)22-21(26)23-19(18)15-8-10-16(27-2)11-9-15/h8-11,19H,3-7,12-14H2,1-2H3,(H2,22,23,26)/t19-/m0/s1. The third-order valence-electron chi connectivity index (χ3n) is 5.18. The fraction of sp³-hybridized carbons (Fsp3) is 0.524. The molecule has 7 heteroatoms. The van der Waals surface area contributed by atoms with E-state index in [-0.39, 0.29) is 12.6 Å². The number of urea groups is 1. The van der Waals surface area contributed by atoms with Crippen LogP contribution in [0.15, 0.2) is 35.5 Å². The molecule has 2 amide bonds. The zero-order valence-electron chi connectivity index (χ0n) is 16.6. The number of methoxy groups -OCH3 is 1. The zero-order valence-corrected chi connectivity index (χ0v) is 16.6. The number of hydrogen-bond donors (Lipinski definition) is 2. The van der Waals surface area contributed by atoms with Crippen molar-refractivity contribution in [1.82, 2.24) is 15.5 Å². The minimum atomic E-state index is -0.555. The second-order valence-electron chi connectivity index (χ2n) is 7.11. The van der Waals surface area contributed by atoms with E-state index in [0.717, 1.165) is 37.2 Å². The van der Waals surface area contributed by atoms with Gasteiger partial charge >= 0.3 is 12.0 Å². The maximum Gasteiger partial charge on any atom is 0.338 e. The van der Waals surface area contributed by atoms with Crippen LogP contribution in [0.3, 0.4) is 0 Å². The van der Waals surface area contributed by atoms with Gasteiger partial charge < -0.3 is 20.1 Å². The summed E-state index contributed by atoms with van der Waals surface area (Å²) in [6.45, 7) is 4.53. The molecule has 0 unspecified atom stereocenters. The smallest absolute Gasteiger partial charge is 0.338 e. The van der Waals surface area contributed by atoms with Gasteiger partial charge in [-0.15, -0.1) is 0 Å². The Bertz CT molecular complexity index is 722. The number of carbonyl (C=O) groups is 2. The Labute approximate surface area is 166 Å². The molecule has 28 heavy (non-hydrogen) atoms. The van der Waals surface area contributed by atoms with Gasteiger partial charge in [0.1, 0.15) is 5.75 Å². The minimum Gasteiger partial charge on any atom is -0.497 e. The van der Waals surface area contributed by atoms with E-state index in [1.54, 1.807) is 14.0 Å². The summed E-state index contributed by atoms with van der Waals surface area (Å²) in [5.74, 6) is 0.316. The summed E-state index contributed by atoms with van der Waals surface area (Å²) < 4.78 is 10.5. The molecule has 2 aliphatic heterocycles. The molecule has 1 atom stereocenters. The molecule has 0 bridgehead atoms. The molecule has 2 aliphatic rings. The Morgan fingerprint density at radius 3 is 2.43 bits per heavy atom. The summed E-state index contributed by atoms with van der Waals surface area (Å²) in [4.78, 5) is 27.5. The Balaban J connectivity index is 1.95. The van der Waals surface area contributed by atoms with Gasteiger partial charge in [-0.3, -0.25) is 4.90 Å². The van der Waals surface area contributed by atoms with E-state index in [4.69, 9.17) is 9.47 Å². The van der Waals surface area contributed by atoms with Gasteiger partial charge in [-0.1, -0.05) is 25.0 Å². The van der Waals surface area contributed by atoms with Crippen molar-refractivity contribution in [2.75, 3.05) is 33.4 Å². The largest absolute Gasteiger partial charge is 0.497 e. The van der Waals surface area contributed by atoms with Crippen LogP contribution in [0.1, 0.15) is 44.2 Å². The molecule has 0 saturated carbocycles. The lowest BCUT2D eigenvalue weighted by Gasteiger charge is -2.32. The van der Waals surface area contributed by atoms with Crippen molar-refractivity contribution in [2.24, 2.45) is 0 Å². The molecule has 3 rings (SSSR count). The highest BCUT2D eigenvalue weighted by Gasteiger charge is 2.34. The van der Waals surface area contributed by atoms with Gasteiger partial charge in [0.15, 0.2) is 0 Å². The summed E-state index contributed by atoms with van der Waals surface area (Å²) in [5, 5.41) is 5.73. The summed E-state index contributed by atoms with van der Waals surface area (Å²) in [5.41, 5.74) is 1.91. The summed E-state index contributed by atoms with van der Waals surface area (Å²) >= 11 is 0. The predicted octanol–water partition coefficient (Wildman–Crippen LogP) is 2.74. The number of nitrogens with one attached hydrogen (secondary N) is 2. The maximum atomic E-state index is 12.8. The highest BCUT2D eigenvalue weighted by atomic mass is 16.5. The van der Waals surface area contributed by atoms with Crippen LogP contribution < -0.4 is 15.4 Å². The monoisotopic (exact) mass is 387 g/mol. The Kier molecular flexibility index (Phi) is 6.92. The lowest BCUT2D eigenvalue weighted by atomic mass is 9.95. The van der Waals surface area contributed by atoms with Gasteiger partial charge in [0.05, 0.1) is 25.3 Å². The van der Waals surface area contributed by atoms with E-state index in [1.165, 1.54) is 12.8 Å². The molecule has 1 aromatic rings. The predicted molar refractivity (Wildman–Crippen MR) is 106 cm³/mol. The molecule has 0 aromatic heterocycles. The fourth-order valence-electron chi connectivity index (χ4n) is 3.76. The average Bonchev–Trinajstić information content (AvgIpc) is 2.96. The van der Waals surface area contributed by atoms with Crippen molar-refractivity contribution < 1.29 is 19.1 Å². The first-order valence-electron chi connectivity index (χ1n) is 9.96. The highest BCUT2D eigenvalue weighted by molar-refractivity contribution is 5.95. The molecule has 7 nitrogen and oxygen atoms in total. The first-order chi connectivity index (χ1) is 13.6. The number of nitrogens with zero attached hydrogens (tertiary/aromatic N) is 1. The van der Waals surface area contributed by atoms with Crippen LogP contribution in [-0.4, -0.2) is 50.3 Å². The number of benzene rings is 1. The first kappa shape index (κ1) is 20.2. The molecule has 1 fully saturated rings. The van der Waals surface area contributed by atoms with Crippen LogP contribution in [-0.2, 0) is 9.53 Å². The SMILES string of the molecule is CCOC(=O)C1=C(CN2CCCCCC2)NC(=O)N[C@H]1c1ccc(OC)cc1. The Hall–Kier alpha value is -2.54. The van der Waals surface area contributed by atoms with Crippen molar-refractivity contribution in [2.45, 2.75) is 38.6 Å². The number of amides is 2.